The molecule has 98 valence electrons. The normalized spacial score (nSPS) is 17.9. The molecule has 3 N–H and O–H groups in total. The Kier molecular flexibility index (Phi) is 3.78. The van der Waals surface area contributed by atoms with Crippen LogP contribution in [0.15, 0.2) is 24.3 Å². The Labute approximate surface area is 111 Å². The predicted molar refractivity (Wildman–Crippen MR) is 71.8 cm³/mol. The number of nitrogens with one attached hydrogen (secondary N) is 2. The molecule has 2 amide bonds. The smallest absolute Gasteiger partial charge is 0.319 e. The van der Waals surface area contributed by atoms with E-state index in [-0.39, 0.29) is 12.6 Å². The van der Waals surface area contributed by atoms with Gasteiger partial charge in [0.2, 0.25) is 0 Å². The number of anilines is 1. The molecule has 1 unspecified atom stereocenters. The number of carbonyl (C=O) groups is 1. The molecule has 1 aliphatic rings. The Morgan fingerprint density at radius 2 is 2.17 bits per heavy atom. The molecule has 5 heteroatoms. The van der Waals surface area contributed by atoms with Crippen LogP contribution in [-0.4, -0.2) is 23.3 Å². The Balaban J connectivity index is 1.84. The van der Waals surface area contributed by atoms with Crippen LogP contribution in [0.2, 0.25) is 5.02 Å². The van der Waals surface area contributed by atoms with Crippen LogP contribution in [0, 0.1) is 5.92 Å². The number of rotatable bonds is 4. The van der Waals surface area contributed by atoms with E-state index in [0.29, 0.717) is 16.6 Å². The Morgan fingerprint density at radius 3 is 2.78 bits per heavy atom. The maximum absolute atomic E-state index is 11.7. The second-order valence-corrected chi connectivity index (χ2v) is 5.33. The molecule has 18 heavy (non-hydrogen) atoms. The van der Waals surface area contributed by atoms with Gasteiger partial charge < -0.3 is 15.7 Å². The van der Waals surface area contributed by atoms with Crippen LogP contribution in [0.3, 0.4) is 0 Å². The van der Waals surface area contributed by atoms with Crippen LogP contribution in [-0.2, 0) is 0 Å². The molecular weight excluding hydrogens is 252 g/mol. The average Bonchev–Trinajstić information content (AvgIpc) is 3.14. The monoisotopic (exact) mass is 268 g/mol. The van der Waals surface area contributed by atoms with Gasteiger partial charge in [-0.15, -0.1) is 0 Å². The number of halogens is 1. The number of urea groups is 1. The van der Waals surface area contributed by atoms with Gasteiger partial charge in [0.05, 0.1) is 16.3 Å². The van der Waals surface area contributed by atoms with Gasteiger partial charge >= 0.3 is 6.03 Å². The molecule has 4 nitrogen and oxygen atoms in total. The summed E-state index contributed by atoms with van der Waals surface area (Å²) in [6.45, 7) is 1.99. The highest BCUT2D eigenvalue weighted by Gasteiger charge is 2.39. The van der Waals surface area contributed by atoms with Crippen molar-refractivity contribution in [1.82, 2.24) is 5.32 Å². The molecule has 0 heterocycles. The molecular formula is C13H17ClN2O2. The molecule has 1 aromatic rings. The first-order valence-corrected chi connectivity index (χ1v) is 6.38. The number of aliphatic hydroxyl groups is 1. The zero-order valence-electron chi connectivity index (χ0n) is 10.2. The van der Waals surface area contributed by atoms with Crippen molar-refractivity contribution < 1.29 is 9.90 Å². The zero-order valence-corrected chi connectivity index (χ0v) is 11.0. The third-order valence-electron chi connectivity index (χ3n) is 3.19. The minimum absolute atomic E-state index is 0.244. The summed E-state index contributed by atoms with van der Waals surface area (Å²) in [7, 11) is 0. The van der Waals surface area contributed by atoms with Crippen LogP contribution in [0.25, 0.3) is 0 Å². The number of benzene rings is 1. The molecule has 0 bridgehead atoms. The fourth-order valence-electron chi connectivity index (χ4n) is 1.84. The maximum Gasteiger partial charge on any atom is 0.319 e. The van der Waals surface area contributed by atoms with E-state index in [1.165, 1.54) is 0 Å². The van der Waals surface area contributed by atoms with Crippen molar-refractivity contribution in [3.63, 3.8) is 0 Å². The fourth-order valence-corrected chi connectivity index (χ4v) is 2.02. The van der Waals surface area contributed by atoms with E-state index in [9.17, 15) is 9.90 Å². The van der Waals surface area contributed by atoms with Crippen molar-refractivity contribution in [2.45, 2.75) is 25.4 Å². The molecule has 0 aromatic heterocycles. The van der Waals surface area contributed by atoms with Gasteiger partial charge in [0.1, 0.15) is 0 Å². The lowest BCUT2D eigenvalue weighted by molar-refractivity contribution is 0.0398. The second-order valence-electron chi connectivity index (χ2n) is 4.92. The third-order valence-corrected chi connectivity index (χ3v) is 3.52. The molecule has 0 spiro atoms. The first-order chi connectivity index (χ1) is 8.49. The molecule has 1 aromatic carbocycles. The van der Waals surface area contributed by atoms with Gasteiger partial charge in [-0.3, -0.25) is 0 Å². The van der Waals surface area contributed by atoms with Crippen molar-refractivity contribution in [2.24, 2.45) is 5.92 Å². The van der Waals surface area contributed by atoms with Crippen molar-refractivity contribution in [2.75, 3.05) is 11.9 Å². The number of hydrogen-bond acceptors (Lipinski definition) is 2. The van der Waals surface area contributed by atoms with Gasteiger partial charge in [0.15, 0.2) is 0 Å². The highest BCUT2D eigenvalue weighted by atomic mass is 35.5. The summed E-state index contributed by atoms with van der Waals surface area (Å²) in [5.74, 6) is 0.304. The van der Waals surface area contributed by atoms with Gasteiger partial charge in [-0.1, -0.05) is 23.7 Å². The van der Waals surface area contributed by atoms with Crippen LogP contribution < -0.4 is 10.6 Å². The fraction of sp³-hybridized carbons (Fsp3) is 0.462. The van der Waals surface area contributed by atoms with Gasteiger partial charge in [0, 0.05) is 6.54 Å². The minimum Gasteiger partial charge on any atom is -0.388 e. The summed E-state index contributed by atoms with van der Waals surface area (Å²) in [5, 5.41) is 15.9. The van der Waals surface area contributed by atoms with E-state index in [0.717, 1.165) is 12.8 Å². The van der Waals surface area contributed by atoms with Crippen LogP contribution in [0.4, 0.5) is 10.5 Å². The lowest BCUT2D eigenvalue weighted by atomic mass is 10.0. The van der Waals surface area contributed by atoms with Gasteiger partial charge in [0.25, 0.3) is 0 Å². The van der Waals surface area contributed by atoms with E-state index in [1.807, 2.05) is 0 Å². The quantitative estimate of drug-likeness (QED) is 0.786. The van der Waals surface area contributed by atoms with Crippen LogP contribution in [0.5, 0.6) is 0 Å². The summed E-state index contributed by atoms with van der Waals surface area (Å²) in [6, 6.07) is 6.66. The van der Waals surface area contributed by atoms with Gasteiger partial charge in [-0.2, -0.15) is 0 Å². The third kappa shape index (κ3) is 3.37. The van der Waals surface area contributed by atoms with E-state index < -0.39 is 5.60 Å². The highest BCUT2D eigenvalue weighted by molar-refractivity contribution is 6.33. The molecule has 0 radical (unpaired) electrons. The van der Waals surface area contributed by atoms with E-state index >= 15 is 0 Å². The van der Waals surface area contributed by atoms with Crippen molar-refractivity contribution in [1.29, 1.82) is 0 Å². The van der Waals surface area contributed by atoms with Crippen molar-refractivity contribution in [3.05, 3.63) is 29.3 Å². The Morgan fingerprint density at radius 1 is 1.50 bits per heavy atom. The number of carbonyl (C=O) groups excluding carboxylic acids is 1. The van der Waals surface area contributed by atoms with Crippen LogP contribution >= 0.6 is 11.6 Å². The zero-order chi connectivity index (χ0) is 13.2. The topological polar surface area (TPSA) is 61.4 Å². The summed E-state index contributed by atoms with van der Waals surface area (Å²) in [5.41, 5.74) is -0.264. The molecule has 0 saturated heterocycles. The largest absolute Gasteiger partial charge is 0.388 e. The Hall–Kier alpha value is -1.26. The average molecular weight is 269 g/mol. The molecule has 2 rings (SSSR count). The van der Waals surface area contributed by atoms with Crippen molar-refractivity contribution in [3.8, 4) is 0 Å². The standard InChI is InChI=1S/C13H17ClN2O2/c1-13(18,9-6-7-9)8-15-12(17)16-11-5-3-2-4-10(11)14/h2-5,9,18H,6-8H2,1H3,(H2,15,16,17). The van der Waals surface area contributed by atoms with Gasteiger partial charge in [-0.25, -0.2) is 4.79 Å². The highest BCUT2D eigenvalue weighted by Crippen LogP contribution is 2.38. The molecule has 0 aliphatic heterocycles. The Bertz CT molecular complexity index is 444. The molecule has 1 atom stereocenters. The first-order valence-electron chi connectivity index (χ1n) is 6.01. The summed E-state index contributed by atoms with van der Waals surface area (Å²) < 4.78 is 0. The summed E-state index contributed by atoms with van der Waals surface area (Å²) >= 11 is 5.93. The molecule has 1 aliphatic carbocycles. The van der Waals surface area contributed by atoms with E-state index in [4.69, 9.17) is 11.6 Å². The van der Waals surface area contributed by atoms with Crippen molar-refractivity contribution >= 4 is 23.3 Å². The lowest BCUT2D eigenvalue weighted by Gasteiger charge is -2.23. The predicted octanol–water partition coefficient (Wildman–Crippen LogP) is 2.62. The van der Waals surface area contributed by atoms with E-state index in [2.05, 4.69) is 10.6 Å². The minimum atomic E-state index is -0.822. The van der Waals surface area contributed by atoms with E-state index in [1.54, 1.807) is 31.2 Å². The number of amides is 2. The number of para-hydroxylation sites is 1. The van der Waals surface area contributed by atoms with Crippen LogP contribution in [0.1, 0.15) is 19.8 Å². The SMILES string of the molecule is CC(O)(CNC(=O)Nc1ccccc1Cl)C1CC1. The van der Waals surface area contributed by atoms with Gasteiger partial charge in [-0.05, 0) is 37.8 Å². The lowest BCUT2D eigenvalue weighted by Crippen LogP contribution is -2.43. The molecule has 1 fully saturated rings. The first kappa shape index (κ1) is 13.2. The molecule has 1 saturated carbocycles. The summed E-state index contributed by atoms with van der Waals surface area (Å²) in [4.78, 5) is 11.7. The maximum atomic E-state index is 11.7. The second kappa shape index (κ2) is 5.16. The number of hydrogen-bond donors (Lipinski definition) is 3. The summed E-state index contributed by atoms with van der Waals surface area (Å²) in [6.07, 6.45) is 2.06.